The second-order valence-electron chi connectivity index (χ2n) is 6.19. The van der Waals surface area contributed by atoms with Gasteiger partial charge in [-0.15, -0.1) is 0 Å². The lowest BCUT2D eigenvalue weighted by Gasteiger charge is -2.13. The molecule has 1 aromatic carbocycles. The summed E-state index contributed by atoms with van der Waals surface area (Å²) >= 11 is 0. The molecule has 0 aliphatic rings. The Morgan fingerprint density at radius 3 is 2.40 bits per heavy atom. The molecule has 0 aliphatic heterocycles. The van der Waals surface area contributed by atoms with E-state index in [0.717, 1.165) is 0 Å². The van der Waals surface area contributed by atoms with Crippen molar-refractivity contribution in [3.8, 4) is 17.0 Å². The van der Waals surface area contributed by atoms with Crippen molar-refractivity contribution in [2.45, 2.75) is 33.2 Å². The monoisotopic (exact) mass is 346 g/mol. The molecule has 0 saturated heterocycles. The highest BCUT2D eigenvalue weighted by molar-refractivity contribution is 5.96. The number of carboxylic acids is 1. The number of ether oxygens (including phenoxy) is 1. The minimum absolute atomic E-state index is 0.0532. The lowest BCUT2D eigenvalue weighted by Crippen LogP contribution is -2.28. The zero-order valence-electron chi connectivity index (χ0n) is 14.7. The fraction of sp³-hybridized carbons (Fsp3) is 0.389. The molecule has 0 bridgehead atoms. The van der Waals surface area contributed by atoms with Crippen LogP contribution in [0.2, 0.25) is 0 Å². The first-order valence-electron chi connectivity index (χ1n) is 8.00. The Morgan fingerprint density at radius 2 is 1.88 bits per heavy atom. The van der Waals surface area contributed by atoms with Gasteiger partial charge in [-0.2, -0.15) is 0 Å². The largest absolute Gasteiger partial charge is 0.497 e. The highest BCUT2D eigenvalue weighted by Gasteiger charge is 2.28. The fourth-order valence-electron chi connectivity index (χ4n) is 2.49. The lowest BCUT2D eigenvalue weighted by atomic mass is 10.0. The first kappa shape index (κ1) is 18.5. The Balaban J connectivity index is 2.32. The van der Waals surface area contributed by atoms with E-state index in [0.29, 0.717) is 17.7 Å². The van der Waals surface area contributed by atoms with Gasteiger partial charge in [0.2, 0.25) is 5.91 Å². The summed E-state index contributed by atoms with van der Waals surface area (Å²) in [5.74, 6) is -0.349. The number of hydrogen-bond acceptors (Lipinski definition) is 5. The van der Waals surface area contributed by atoms with Gasteiger partial charge in [-0.3, -0.25) is 4.79 Å². The van der Waals surface area contributed by atoms with Crippen LogP contribution in [-0.2, 0) is 4.79 Å². The summed E-state index contributed by atoms with van der Waals surface area (Å²) in [6.07, 6.45) is 0.353. The zero-order chi connectivity index (χ0) is 18.6. The Hall–Kier alpha value is -2.83. The number of nitrogens with zero attached hydrogens (tertiary/aromatic N) is 1. The van der Waals surface area contributed by atoms with Crippen molar-refractivity contribution >= 4 is 11.9 Å². The van der Waals surface area contributed by atoms with Crippen LogP contribution in [0, 0.1) is 5.92 Å². The van der Waals surface area contributed by atoms with E-state index >= 15 is 0 Å². The first-order valence-corrected chi connectivity index (χ1v) is 8.00. The van der Waals surface area contributed by atoms with Gasteiger partial charge in [-0.1, -0.05) is 19.0 Å². The van der Waals surface area contributed by atoms with Crippen LogP contribution in [0.4, 0.5) is 0 Å². The highest BCUT2D eigenvalue weighted by Crippen LogP contribution is 2.30. The molecule has 2 aromatic rings. The van der Waals surface area contributed by atoms with E-state index in [2.05, 4.69) is 10.5 Å². The van der Waals surface area contributed by atoms with Crippen molar-refractivity contribution in [2.75, 3.05) is 7.11 Å². The van der Waals surface area contributed by atoms with Gasteiger partial charge in [0, 0.05) is 12.0 Å². The SMILES string of the molecule is COc1ccc(-c2noc([C@@H](C)NC(=O)CC(C)C)c2C(=O)O)cc1. The van der Waals surface area contributed by atoms with Gasteiger partial charge in [0.15, 0.2) is 5.76 Å². The summed E-state index contributed by atoms with van der Waals surface area (Å²) in [4.78, 5) is 23.7. The van der Waals surface area contributed by atoms with Crippen LogP contribution in [0.5, 0.6) is 5.75 Å². The maximum atomic E-state index is 11.9. The van der Waals surface area contributed by atoms with Crippen LogP contribution in [0.1, 0.15) is 49.4 Å². The number of aromatic carboxylic acids is 1. The molecule has 0 spiro atoms. The lowest BCUT2D eigenvalue weighted by molar-refractivity contribution is -0.122. The maximum absolute atomic E-state index is 11.9. The molecule has 1 aromatic heterocycles. The standard InChI is InChI=1S/C18H22N2O5/c1-10(2)9-14(21)19-11(3)17-15(18(22)23)16(20-25-17)12-5-7-13(24-4)8-6-12/h5-8,10-11H,9H2,1-4H3,(H,19,21)(H,22,23)/t11-/m1/s1. The van der Waals surface area contributed by atoms with Crippen LogP contribution in [0.15, 0.2) is 28.8 Å². The molecular weight excluding hydrogens is 324 g/mol. The van der Waals surface area contributed by atoms with Gasteiger partial charge in [0.05, 0.1) is 13.2 Å². The molecule has 0 aliphatic carbocycles. The van der Waals surface area contributed by atoms with E-state index in [1.54, 1.807) is 38.3 Å². The van der Waals surface area contributed by atoms with Crippen molar-refractivity contribution in [3.63, 3.8) is 0 Å². The van der Waals surface area contributed by atoms with Crippen LogP contribution in [0.3, 0.4) is 0 Å². The number of aromatic nitrogens is 1. The molecule has 7 heteroatoms. The highest BCUT2D eigenvalue weighted by atomic mass is 16.5. The molecule has 25 heavy (non-hydrogen) atoms. The van der Waals surface area contributed by atoms with Crippen molar-refractivity contribution in [2.24, 2.45) is 5.92 Å². The molecule has 1 atom stereocenters. The predicted molar refractivity (Wildman–Crippen MR) is 91.5 cm³/mol. The minimum atomic E-state index is -1.16. The average molecular weight is 346 g/mol. The fourth-order valence-corrected chi connectivity index (χ4v) is 2.49. The van der Waals surface area contributed by atoms with Gasteiger partial charge in [0.1, 0.15) is 17.0 Å². The molecule has 0 saturated carbocycles. The van der Waals surface area contributed by atoms with Crippen molar-refractivity contribution < 1.29 is 24.0 Å². The number of carbonyl (C=O) groups is 2. The third kappa shape index (κ3) is 4.37. The quantitative estimate of drug-likeness (QED) is 0.798. The maximum Gasteiger partial charge on any atom is 0.341 e. The molecule has 0 fully saturated rings. The molecule has 0 unspecified atom stereocenters. The molecule has 1 heterocycles. The summed E-state index contributed by atoms with van der Waals surface area (Å²) in [6.45, 7) is 5.54. The molecule has 2 N–H and O–H groups in total. The van der Waals surface area contributed by atoms with Crippen molar-refractivity contribution in [1.29, 1.82) is 0 Å². The van der Waals surface area contributed by atoms with Gasteiger partial charge in [-0.05, 0) is 37.1 Å². The molecule has 7 nitrogen and oxygen atoms in total. The molecule has 2 rings (SSSR count). The first-order chi connectivity index (χ1) is 11.8. The number of rotatable bonds is 7. The van der Waals surface area contributed by atoms with Crippen LogP contribution < -0.4 is 10.1 Å². The number of methoxy groups -OCH3 is 1. The normalized spacial score (nSPS) is 12.0. The second-order valence-corrected chi connectivity index (χ2v) is 6.19. The predicted octanol–water partition coefficient (Wildman–Crippen LogP) is 3.27. The van der Waals surface area contributed by atoms with Crippen LogP contribution in [0.25, 0.3) is 11.3 Å². The van der Waals surface area contributed by atoms with Crippen LogP contribution >= 0.6 is 0 Å². The number of nitrogens with one attached hydrogen (secondary N) is 1. The van der Waals surface area contributed by atoms with Gasteiger partial charge in [-0.25, -0.2) is 4.79 Å². The molecule has 0 radical (unpaired) electrons. The van der Waals surface area contributed by atoms with Gasteiger partial charge >= 0.3 is 5.97 Å². The summed E-state index contributed by atoms with van der Waals surface area (Å²) in [5.41, 5.74) is 0.756. The average Bonchev–Trinajstić information content (AvgIpc) is 2.99. The Kier molecular flexibility index (Phi) is 5.80. The summed E-state index contributed by atoms with van der Waals surface area (Å²) in [5, 5.41) is 16.2. The van der Waals surface area contributed by atoms with Crippen LogP contribution in [-0.4, -0.2) is 29.2 Å². The number of amides is 1. The third-order valence-corrected chi connectivity index (χ3v) is 3.66. The number of carboxylic acid groups (broad SMARTS) is 1. The smallest absolute Gasteiger partial charge is 0.341 e. The van der Waals surface area contributed by atoms with E-state index in [1.807, 2.05) is 13.8 Å². The van der Waals surface area contributed by atoms with Crippen molar-refractivity contribution in [1.82, 2.24) is 10.5 Å². The zero-order valence-corrected chi connectivity index (χ0v) is 14.7. The van der Waals surface area contributed by atoms with E-state index in [9.17, 15) is 14.7 Å². The van der Waals surface area contributed by atoms with E-state index in [4.69, 9.17) is 9.26 Å². The molecule has 134 valence electrons. The summed E-state index contributed by atoms with van der Waals surface area (Å²) < 4.78 is 10.4. The van der Waals surface area contributed by atoms with E-state index < -0.39 is 12.0 Å². The van der Waals surface area contributed by atoms with E-state index in [-0.39, 0.29) is 28.8 Å². The minimum Gasteiger partial charge on any atom is -0.497 e. The van der Waals surface area contributed by atoms with E-state index in [1.165, 1.54) is 0 Å². The second kappa shape index (κ2) is 7.83. The summed E-state index contributed by atoms with van der Waals surface area (Å²) in [7, 11) is 1.55. The number of carbonyl (C=O) groups excluding carboxylic acids is 1. The Morgan fingerprint density at radius 1 is 1.24 bits per heavy atom. The summed E-state index contributed by atoms with van der Waals surface area (Å²) in [6, 6.07) is 6.23. The Bertz CT molecular complexity index is 749. The van der Waals surface area contributed by atoms with Gasteiger partial charge < -0.3 is 19.7 Å². The van der Waals surface area contributed by atoms with Crippen molar-refractivity contribution in [3.05, 3.63) is 35.6 Å². The third-order valence-electron chi connectivity index (χ3n) is 3.66. The van der Waals surface area contributed by atoms with Gasteiger partial charge in [0.25, 0.3) is 0 Å². The number of benzene rings is 1. The molecular formula is C18H22N2O5. The molecule has 1 amide bonds. The Labute approximate surface area is 146 Å². The number of hydrogen-bond donors (Lipinski definition) is 2. The topological polar surface area (TPSA) is 102 Å².